The van der Waals surface area contributed by atoms with E-state index in [9.17, 15) is 0 Å². The standard InChI is InChI=1S/CH4O.2O.Zr/c1-2;;;/h2H,1H3;;;/q;2*-2;+4. The van der Waals surface area contributed by atoms with E-state index in [1.54, 1.807) is 0 Å². The molecule has 0 aliphatic carbocycles. The average Bonchev–Trinajstić information content (AvgIpc) is 1.00. The summed E-state index contributed by atoms with van der Waals surface area (Å²) in [5.74, 6) is 0. The third-order valence-electron chi connectivity index (χ3n) is 0. The largest absolute Gasteiger partial charge is 4.00 e. The first-order chi connectivity index (χ1) is 1.00. The third kappa shape index (κ3) is 62.4. The molecular weight excluding hydrogens is 151 g/mol. The van der Waals surface area contributed by atoms with Crippen molar-refractivity contribution >= 4 is 0 Å². The Kier molecular flexibility index (Phi) is 974. The van der Waals surface area contributed by atoms with Gasteiger partial charge in [0.1, 0.15) is 0 Å². The molecule has 0 heterocycles. The van der Waals surface area contributed by atoms with E-state index >= 15 is 0 Å². The van der Waals surface area contributed by atoms with E-state index in [0.717, 1.165) is 7.11 Å². The van der Waals surface area contributed by atoms with Gasteiger partial charge in [-0.25, -0.2) is 0 Å². The van der Waals surface area contributed by atoms with E-state index in [1.807, 2.05) is 0 Å². The second-order valence-electron chi connectivity index (χ2n) is 0. The summed E-state index contributed by atoms with van der Waals surface area (Å²) >= 11 is 0. The van der Waals surface area contributed by atoms with Crippen molar-refractivity contribution in [3.63, 3.8) is 0 Å². The fourth-order valence-corrected chi connectivity index (χ4v) is 0. The molecule has 0 rings (SSSR count). The van der Waals surface area contributed by atoms with Crippen molar-refractivity contribution in [1.29, 1.82) is 0 Å². The Bertz CT molecular complexity index is 6.85. The van der Waals surface area contributed by atoms with Gasteiger partial charge in [0.05, 0.1) is 0 Å². The molecule has 0 saturated heterocycles. The second kappa shape index (κ2) is 116. The minimum atomic E-state index is 0. The Balaban J connectivity index is -0.00000000167. The fraction of sp³-hybridized carbons (Fsp3) is 1.00. The van der Waals surface area contributed by atoms with E-state index in [-0.39, 0.29) is 37.2 Å². The molecule has 1 N–H and O–H groups in total. The smallest absolute Gasteiger partial charge is 2.00 e. The van der Waals surface area contributed by atoms with E-state index in [2.05, 4.69) is 0 Å². The maximum Gasteiger partial charge on any atom is 4.00 e. The molecule has 4 heteroatoms. The molecular formula is CH4O3Zr. The number of hydrogen-bond donors (Lipinski definition) is 1. The van der Waals surface area contributed by atoms with Crippen molar-refractivity contribution in [1.82, 2.24) is 0 Å². The van der Waals surface area contributed by atoms with Gasteiger partial charge in [0, 0.05) is 7.11 Å². The van der Waals surface area contributed by atoms with Crippen molar-refractivity contribution < 1.29 is 42.3 Å². The number of aliphatic hydroxyl groups is 1. The second-order valence-corrected chi connectivity index (χ2v) is 0. The molecule has 30 valence electrons. The summed E-state index contributed by atoms with van der Waals surface area (Å²) in [6.45, 7) is 0. The summed E-state index contributed by atoms with van der Waals surface area (Å²) < 4.78 is 0. The number of aliphatic hydroxyl groups excluding tert-OH is 1. The molecule has 0 aromatic carbocycles. The van der Waals surface area contributed by atoms with Gasteiger partial charge in [0.25, 0.3) is 0 Å². The molecule has 0 spiro atoms. The van der Waals surface area contributed by atoms with Crippen molar-refractivity contribution in [2.24, 2.45) is 0 Å². The Hall–Kier alpha value is 0.763. The molecule has 0 aliphatic rings. The molecule has 0 saturated carbocycles. The van der Waals surface area contributed by atoms with Gasteiger partial charge >= 0.3 is 26.2 Å². The summed E-state index contributed by atoms with van der Waals surface area (Å²) in [7, 11) is 1.00. The summed E-state index contributed by atoms with van der Waals surface area (Å²) in [5, 5.41) is 7.00. The SMILES string of the molecule is CO.[O-2].[O-2].[Zr+4]. The summed E-state index contributed by atoms with van der Waals surface area (Å²) in [6, 6.07) is 0. The molecule has 5 heavy (non-hydrogen) atoms. The minimum absolute atomic E-state index is 0. The van der Waals surface area contributed by atoms with Crippen LogP contribution in [-0.2, 0) is 37.2 Å². The Morgan fingerprint density at radius 3 is 1.00 bits per heavy atom. The maximum absolute atomic E-state index is 7.00. The predicted octanol–water partition coefficient (Wildman–Crippen LogP) is -0.632. The van der Waals surface area contributed by atoms with Gasteiger partial charge in [-0.05, 0) is 0 Å². The van der Waals surface area contributed by atoms with Gasteiger partial charge in [0.15, 0.2) is 0 Å². The predicted molar refractivity (Wildman–Crippen MR) is 9.52 cm³/mol. The van der Waals surface area contributed by atoms with Crippen molar-refractivity contribution in [3.8, 4) is 0 Å². The van der Waals surface area contributed by atoms with Crippen LogP contribution >= 0.6 is 0 Å². The monoisotopic (exact) mass is 154 g/mol. The van der Waals surface area contributed by atoms with Crippen LogP contribution in [0.5, 0.6) is 0 Å². The average molecular weight is 155 g/mol. The van der Waals surface area contributed by atoms with Gasteiger partial charge in [-0.1, -0.05) is 0 Å². The van der Waals surface area contributed by atoms with Gasteiger partial charge < -0.3 is 16.1 Å². The van der Waals surface area contributed by atoms with Crippen LogP contribution in [0.2, 0.25) is 0 Å². The first kappa shape index (κ1) is 42.1. The molecule has 0 amide bonds. The van der Waals surface area contributed by atoms with Gasteiger partial charge in [-0.2, -0.15) is 0 Å². The fourth-order valence-electron chi connectivity index (χ4n) is 0. The quantitative estimate of drug-likeness (QED) is 0.496. The number of rotatable bonds is 0. The first-order valence-electron chi connectivity index (χ1n) is 0.447. The topological polar surface area (TPSA) is 77.2 Å². The molecule has 0 unspecified atom stereocenters. The molecule has 0 aromatic rings. The summed E-state index contributed by atoms with van der Waals surface area (Å²) in [5.41, 5.74) is 0. The normalized spacial score (nSPS) is 1.20. The Morgan fingerprint density at radius 2 is 1.00 bits per heavy atom. The molecule has 3 nitrogen and oxygen atoms in total. The van der Waals surface area contributed by atoms with Crippen LogP contribution in [0, 0.1) is 0 Å². The van der Waals surface area contributed by atoms with E-state index in [0.29, 0.717) is 0 Å². The zero-order valence-corrected chi connectivity index (χ0v) is 5.22. The minimum Gasteiger partial charge on any atom is -2.00 e. The van der Waals surface area contributed by atoms with Crippen LogP contribution in [0.3, 0.4) is 0 Å². The van der Waals surface area contributed by atoms with Crippen LogP contribution in [0.1, 0.15) is 0 Å². The van der Waals surface area contributed by atoms with E-state index < -0.39 is 0 Å². The molecule has 0 aliphatic heterocycles. The molecule has 0 radical (unpaired) electrons. The number of hydrogen-bond acceptors (Lipinski definition) is 1. The molecule has 0 fully saturated rings. The maximum atomic E-state index is 7.00. The summed E-state index contributed by atoms with van der Waals surface area (Å²) in [4.78, 5) is 0. The van der Waals surface area contributed by atoms with Gasteiger partial charge in [-0.15, -0.1) is 0 Å². The van der Waals surface area contributed by atoms with Crippen LogP contribution < -0.4 is 0 Å². The van der Waals surface area contributed by atoms with E-state index in [4.69, 9.17) is 5.11 Å². The molecule has 0 bridgehead atoms. The van der Waals surface area contributed by atoms with Crippen LogP contribution in [0.4, 0.5) is 0 Å². The van der Waals surface area contributed by atoms with Gasteiger partial charge in [0.2, 0.25) is 0 Å². The zero-order valence-electron chi connectivity index (χ0n) is 2.76. The van der Waals surface area contributed by atoms with Crippen molar-refractivity contribution in [3.05, 3.63) is 0 Å². The zero-order chi connectivity index (χ0) is 2.00. The van der Waals surface area contributed by atoms with Crippen LogP contribution in [-0.4, -0.2) is 12.2 Å². The van der Waals surface area contributed by atoms with Crippen molar-refractivity contribution in [2.75, 3.05) is 7.11 Å². The Morgan fingerprint density at radius 1 is 1.00 bits per heavy atom. The van der Waals surface area contributed by atoms with Crippen molar-refractivity contribution in [2.45, 2.75) is 0 Å². The summed E-state index contributed by atoms with van der Waals surface area (Å²) in [6.07, 6.45) is 0. The van der Waals surface area contributed by atoms with Crippen LogP contribution in [0.25, 0.3) is 0 Å². The van der Waals surface area contributed by atoms with Crippen LogP contribution in [0.15, 0.2) is 0 Å². The Labute approximate surface area is 49.7 Å². The van der Waals surface area contributed by atoms with E-state index in [1.165, 1.54) is 0 Å². The third-order valence-corrected chi connectivity index (χ3v) is 0. The molecule has 0 aromatic heterocycles. The molecule has 0 atom stereocenters. The van der Waals surface area contributed by atoms with Gasteiger partial charge in [-0.3, -0.25) is 0 Å². The first-order valence-corrected chi connectivity index (χ1v) is 0.447.